The van der Waals surface area contributed by atoms with Crippen LogP contribution in [0.15, 0.2) is 0 Å². The molecule has 5 N–H and O–H groups in total. The van der Waals surface area contributed by atoms with Crippen LogP contribution in [0.3, 0.4) is 0 Å². The van der Waals surface area contributed by atoms with Gasteiger partial charge in [0.05, 0.1) is 6.10 Å². The number of nitrogen functional groups attached to an aromatic ring is 2. The third-order valence-corrected chi connectivity index (χ3v) is 6.53. The Labute approximate surface area is 221 Å². The normalized spacial score (nSPS) is 20.4. The third kappa shape index (κ3) is 9.18. The molecule has 3 rings (SSSR count). The molecule has 0 aliphatic carbocycles. The summed E-state index contributed by atoms with van der Waals surface area (Å²) in [6, 6.07) is 0. The number of ether oxygens (including phenoxy) is 2. The van der Waals surface area contributed by atoms with Crippen LogP contribution in [-0.2, 0) is 18.8 Å². The second-order valence-corrected chi connectivity index (χ2v) is 9.97. The molecule has 2 aliphatic heterocycles. The molecule has 3 unspecified atom stereocenters. The third-order valence-electron chi connectivity index (χ3n) is 5.63. The number of likely N-dealkylation sites (tertiary alicyclic amines) is 1. The van der Waals surface area contributed by atoms with Crippen molar-refractivity contribution < 1.29 is 23.6 Å². The van der Waals surface area contributed by atoms with E-state index in [4.69, 9.17) is 25.5 Å². The Balaban J connectivity index is 0.000000312. The fraction of sp³-hybridized carbons (Fsp3) is 0.667. The first kappa shape index (κ1) is 30.4. The molecule has 3 atom stereocenters. The lowest BCUT2D eigenvalue weighted by Crippen LogP contribution is -2.48. The smallest absolute Gasteiger partial charge is 0.410 e. The van der Waals surface area contributed by atoms with Crippen LogP contribution in [0.4, 0.5) is 22.1 Å². The minimum absolute atomic E-state index is 0.00755. The highest BCUT2D eigenvalue weighted by Gasteiger charge is 2.32. The second kappa shape index (κ2) is 14.8. The van der Waals surface area contributed by atoms with E-state index in [1.165, 1.54) is 0 Å². The molecule has 2 saturated heterocycles. The van der Waals surface area contributed by atoms with Crippen molar-refractivity contribution in [1.29, 1.82) is 0 Å². The van der Waals surface area contributed by atoms with Gasteiger partial charge in [-0.3, -0.25) is 4.79 Å². The largest absolute Gasteiger partial charge is 0.447 e. The lowest BCUT2D eigenvalue weighted by molar-refractivity contribution is -0.162. The van der Waals surface area contributed by atoms with E-state index in [-0.39, 0.29) is 44.2 Å². The number of aromatic nitrogens is 2. The van der Waals surface area contributed by atoms with E-state index in [0.29, 0.717) is 18.5 Å². The molecular weight excluding hydrogens is 497 g/mol. The van der Waals surface area contributed by atoms with Gasteiger partial charge in [-0.1, -0.05) is 12.8 Å². The van der Waals surface area contributed by atoms with Crippen molar-refractivity contribution in [1.82, 2.24) is 20.2 Å². The van der Waals surface area contributed by atoms with E-state index in [9.17, 15) is 9.59 Å². The molecule has 0 bridgehead atoms. The van der Waals surface area contributed by atoms with Crippen LogP contribution in [0.2, 0.25) is 0 Å². The van der Waals surface area contributed by atoms with Crippen LogP contribution in [0.25, 0.3) is 0 Å². The topological polar surface area (TPSA) is 158 Å². The summed E-state index contributed by atoms with van der Waals surface area (Å²) < 4.78 is 16.2. The number of carbonyl (C=O) groups excluding carboxylic acids is 2. The zero-order valence-corrected chi connectivity index (χ0v) is 23.5. The number of nitrogens with zero attached hydrogens (tertiary/aromatic N) is 4. The molecule has 37 heavy (non-hydrogen) atoms. The maximum Gasteiger partial charge on any atom is 0.410 e. The molecule has 1 aromatic heterocycles. The number of rotatable bonds is 5. The van der Waals surface area contributed by atoms with Crippen LogP contribution < -0.4 is 21.7 Å². The summed E-state index contributed by atoms with van der Waals surface area (Å²) in [5.41, 5.74) is 12.1. The predicted molar refractivity (Wildman–Crippen MR) is 145 cm³/mol. The SMILES string of the molecule is CC#Cc1nc(N)c(N)c(N(C)C2CPOC(C(=O)NCC)O2)n1.CC1CCN(C(=O)OC(C)C)CC1. The molecule has 2 fully saturated rings. The van der Waals surface area contributed by atoms with E-state index < -0.39 is 12.5 Å². The molecule has 3 heterocycles. The number of carbonyl (C=O) groups is 2. The standard InChI is InChI=1S/C14H21N6O3P.C10H19NO2/c1-4-6-8-18-11(16)10(15)12(19-8)20(3)9-7-24-23-14(22-9)13(21)17-5-2;1-8(2)13-10(12)11-6-4-9(3)5-7-11/h9,14,24H,5,7,15H2,1-3H3,(H,17,21)(H2,16,18,19);8-9H,4-7H2,1-3H3. The Bertz CT molecular complexity index is 976. The molecule has 0 aromatic carbocycles. The summed E-state index contributed by atoms with van der Waals surface area (Å²) >= 11 is 0. The van der Waals surface area contributed by atoms with Crippen molar-refractivity contribution in [3.63, 3.8) is 0 Å². The molecule has 1 aromatic rings. The van der Waals surface area contributed by atoms with Crippen molar-refractivity contribution in [3.8, 4) is 11.8 Å². The van der Waals surface area contributed by atoms with E-state index in [1.807, 2.05) is 20.8 Å². The fourth-order valence-electron chi connectivity index (χ4n) is 3.53. The van der Waals surface area contributed by atoms with Gasteiger partial charge < -0.3 is 40.6 Å². The molecule has 2 amide bonds. The van der Waals surface area contributed by atoms with Crippen LogP contribution in [0.1, 0.15) is 53.3 Å². The predicted octanol–water partition coefficient (Wildman–Crippen LogP) is 2.14. The molecule has 13 heteroatoms. The van der Waals surface area contributed by atoms with Crippen LogP contribution >= 0.6 is 8.81 Å². The number of hydrogen-bond acceptors (Lipinski definition) is 10. The van der Waals surface area contributed by atoms with Crippen molar-refractivity contribution in [3.05, 3.63) is 5.82 Å². The van der Waals surface area contributed by atoms with Crippen LogP contribution in [0, 0.1) is 17.8 Å². The van der Waals surface area contributed by atoms with E-state index >= 15 is 0 Å². The first-order valence-electron chi connectivity index (χ1n) is 12.4. The van der Waals surface area contributed by atoms with Gasteiger partial charge in [0.1, 0.15) is 11.9 Å². The van der Waals surface area contributed by atoms with Gasteiger partial charge in [0.15, 0.2) is 11.6 Å². The Kier molecular flexibility index (Phi) is 12.1. The van der Waals surface area contributed by atoms with Gasteiger partial charge in [0.25, 0.3) is 5.91 Å². The van der Waals surface area contributed by atoms with Crippen molar-refractivity contribution in [2.24, 2.45) is 5.92 Å². The Morgan fingerprint density at radius 3 is 2.57 bits per heavy atom. The van der Waals surface area contributed by atoms with Gasteiger partial charge in [-0.05, 0) is 52.4 Å². The number of nitrogens with one attached hydrogen (secondary N) is 1. The van der Waals surface area contributed by atoms with E-state index in [0.717, 1.165) is 31.8 Å². The molecule has 0 saturated carbocycles. The lowest BCUT2D eigenvalue weighted by Gasteiger charge is -2.35. The number of anilines is 3. The second-order valence-electron chi connectivity index (χ2n) is 9.04. The first-order chi connectivity index (χ1) is 17.6. The fourth-order valence-corrected chi connectivity index (χ4v) is 4.45. The summed E-state index contributed by atoms with van der Waals surface area (Å²) in [4.78, 5) is 35.2. The number of amides is 2. The minimum Gasteiger partial charge on any atom is -0.447 e. The summed E-state index contributed by atoms with van der Waals surface area (Å²) in [5, 5.41) is 2.67. The number of hydrogen-bond donors (Lipinski definition) is 3. The molecule has 0 spiro atoms. The monoisotopic (exact) mass is 537 g/mol. The Morgan fingerprint density at radius 1 is 1.30 bits per heavy atom. The van der Waals surface area contributed by atoms with Gasteiger partial charge >= 0.3 is 6.09 Å². The van der Waals surface area contributed by atoms with E-state index in [1.54, 1.807) is 23.8 Å². The summed E-state index contributed by atoms with van der Waals surface area (Å²) in [5.74, 6) is 6.76. The van der Waals surface area contributed by atoms with Crippen LogP contribution in [0.5, 0.6) is 0 Å². The molecule has 12 nitrogen and oxygen atoms in total. The quantitative estimate of drug-likeness (QED) is 0.375. The summed E-state index contributed by atoms with van der Waals surface area (Å²) in [6.07, 6.45) is 1.24. The van der Waals surface area contributed by atoms with Gasteiger partial charge in [0, 0.05) is 41.7 Å². The average Bonchev–Trinajstić information content (AvgIpc) is 2.86. The Hall–Kier alpha value is -2.87. The minimum atomic E-state index is -0.959. The summed E-state index contributed by atoms with van der Waals surface area (Å²) in [6.45, 7) is 11.7. The number of likely N-dealkylation sites (N-methyl/N-ethyl adjacent to an activating group) is 1. The van der Waals surface area contributed by atoms with Crippen molar-refractivity contribution >= 4 is 38.1 Å². The summed E-state index contributed by atoms with van der Waals surface area (Å²) in [7, 11) is 1.88. The van der Waals surface area contributed by atoms with Gasteiger partial charge in [-0.2, -0.15) is 0 Å². The van der Waals surface area contributed by atoms with Crippen LogP contribution in [-0.4, -0.2) is 78.3 Å². The Morgan fingerprint density at radius 2 is 1.97 bits per heavy atom. The lowest BCUT2D eigenvalue weighted by atomic mass is 10.00. The zero-order chi connectivity index (χ0) is 27.5. The highest BCUT2D eigenvalue weighted by molar-refractivity contribution is 7.32. The molecule has 206 valence electrons. The molecule has 2 aliphatic rings. The number of piperidine rings is 1. The van der Waals surface area contributed by atoms with Crippen molar-refractivity contribution in [2.75, 3.05) is 49.2 Å². The molecule has 0 radical (unpaired) electrons. The number of nitrogens with two attached hydrogens (primary N) is 2. The average molecular weight is 538 g/mol. The maximum absolute atomic E-state index is 11.9. The first-order valence-corrected chi connectivity index (χ1v) is 13.5. The van der Waals surface area contributed by atoms with Gasteiger partial charge in [-0.25, -0.2) is 14.8 Å². The van der Waals surface area contributed by atoms with Crippen molar-refractivity contribution in [2.45, 2.75) is 66.1 Å². The maximum atomic E-state index is 11.9. The van der Waals surface area contributed by atoms with E-state index in [2.05, 4.69) is 34.0 Å². The van der Waals surface area contributed by atoms with Gasteiger partial charge in [-0.15, -0.1) is 0 Å². The highest BCUT2D eigenvalue weighted by atomic mass is 31.1. The molecular formula is C24H40N7O5P. The zero-order valence-electron chi connectivity index (χ0n) is 22.5. The highest BCUT2D eigenvalue weighted by Crippen LogP contribution is 2.32. The van der Waals surface area contributed by atoms with Gasteiger partial charge in [0.2, 0.25) is 12.1 Å².